The lowest BCUT2D eigenvalue weighted by Gasteiger charge is -2.11. The van der Waals surface area contributed by atoms with Gasteiger partial charge in [-0.1, -0.05) is 15.9 Å². The largest absolute Gasteiger partial charge is 0.417 e. The van der Waals surface area contributed by atoms with Crippen molar-refractivity contribution in [3.05, 3.63) is 39.3 Å². The Morgan fingerprint density at radius 2 is 2.10 bits per heavy atom. The quantitative estimate of drug-likeness (QED) is 0.851. The Morgan fingerprint density at radius 1 is 1.40 bits per heavy atom. The topological polar surface area (TPSA) is 68.0 Å². The minimum absolute atomic E-state index is 0.0251. The highest BCUT2D eigenvalue weighted by molar-refractivity contribution is 9.10. The van der Waals surface area contributed by atoms with Crippen LogP contribution in [0.5, 0.6) is 0 Å². The SMILES string of the molecule is Nc1nc(C(=O)Nc2ccc(Br)c(C(F)(F)F)c2)cs1. The van der Waals surface area contributed by atoms with E-state index >= 15 is 0 Å². The lowest BCUT2D eigenvalue weighted by molar-refractivity contribution is -0.138. The summed E-state index contributed by atoms with van der Waals surface area (Å²) >= 11 is 3.89. The molecule has 9 heteroatoms. The van der Waals surface area contributed by atoms with E-state index in [4.69, 9.17) is 5.73 Å². The smallest absolute Gasteiger partial charge is 0.375 e. The van der Waals surface area contributed by atoms with E-state index in [-0.39, 0.29) is 21.0 Å². The zero-order chi connectivity index (χ0) is 14.9. The molecule has 0 fully saturated rings. The Labute approximate surface area is 123 Å². The van der Waals surface area contributed by atoms with Crippen molar-refractivity contribution >= 4 is 44.0 Å². The molecule has 1 aromatic heterocycles. The lowest BCUT2D eigenvalue weighted by Crippen LogP contribution is -2.14. The number of carbonyl (C=O) groups excluding carboxylic acids is 1. The van der Waals surface area contributed by atoms with Gasteiger partial charge in [0, 0.05) is 15.5 Å². The van der Waals surface area contributed by atoms with Crippen molar-refractivity contribution in [2.75, 3.05) is 11.1 Å². The van der Waals surface area contributed by atoms with Crippen LogP contribution in [0.15, 0.2) is 28.1 Å². The minimum Gasteiger partial charge on any atom is -0.375 e. The summed E-state index contributed by atoms with van der Waals surface area (Å²) in [4.78, 5) is 15.5. The van der Waals surface area contributed by atoms with Crippen LogP contribution in [-0.4, -0.2) is 10.9 Å². The molecule has 0 aliphatic heterocycles. The Kier molecular flexibility index (Phi) is 4.00. The second-order valence-electron chi connectivity index (χ2n) is 3.72. The van der Waals surface area contributed by atoms with Gasteiger partial charge < -0.3 is 11.1 Å². The molecule has 2 aromatic rings. The maximum Gasteiger partial charge on any atom is 0.417 e. The van der Waals surface area contributed by atoms with Gasteiger partial charge in [0.05, 0.1) is 5.56 Å². The maximum atomic E-state index is 12.7. The molecule has 1 amide bonds. The Hall–Kier alpha value is -1.61. The molecule has 0 saturated carbocycles. The third kappa shape index (κ3) is 3.28. The predicted molar refractivity (Wildman–Crippen MR) is 73.6 cm³/mol. The van der Waals surface area contributed by atoms with Crippen LogP contribution in [0.25, 0.3) is 0 Å². The first-order valence-electron chi connectivity index (χ1n) is 5.16. The molecule has 106 valence electrons. The molecule has 0 unspecified atom stereocenters. The van der Waals surface area contributed by atoms with Gasteiger partial charge >= 0.3 is 6.18 Å². The first-order valence-corrected chi connectivity index (χ1v) is 6.84. The minimum atomic E-state index is -4.51. The van der Waals surface area contributed by atoms with Gasteiger partial charge in [0.2, 0.25) is 0 Å². The van der Waals surface area contributed by atoms with E-state index < -0.39 is 17.6 Å². The molecule has 2 rings (SSSR count). The molecule has 1 heterocycles. The molecule has 0 bridgehead atoms. The zero-order valence-electron chi connectivity index (χ0n) is 9.66. The molecular formula is C11H7BrF3N3OS. The van der Waals surface area contributed by atoms with Crippen LogP contribution in [-0.2, 0) is 6.18 Å². The zero-order valence-corrected chi connectivity index (χ0v) is 12.1. The van der Waals surface area contributed by atoms with E-state index in [9.17, 15) is 18.0 Å². The van der Waals surface area contributed by atoms with Crippen molar-refractivity contribution in [3.8, 4) is 0 Å². The number of benzene rings is 1. The highest BCUT2D eigenvalue weighted by Crippen LogP contribution is 2.36. The second kappa shape index (κ2) is 5.41. The number of halogens is 4. The van der Waals surface area contributed by atoms with Crippen molar-refractivity contribution in [3.63, 3.8) is 0 Å². The number of anilines is 2. The average molecular weight is 366 g/mol. The molecular weight excluding hydrogens is 359 g/mol. The number of carbonyl (C=O) groups is 1. The Bertz CT molecular complexity index is 657. The summed E-state index contributed by atoms with van der Waals surface area (Å²) in [6.45, 7) is 0. The van der Waals surface area contributed by atoms with Gasteiger partial charge in [0.15, 0.2) is 5.13 Å². The molecule has 1 aromatic carbocycles. The molecule has 0 saturated heterocycles. The molecule has 0 atom stereocenters. The monoisotopic (exact) mass is 365 g/mol. The highest BCUT2D eigenvalue weighted by Gasteiger charge is 2.33. The number of hydrogen-bond donors (Lipinski definition) is 2. The van der Waals surface area contributed by atoms with Crippen molar-refractivity contribution < 1.29 is 18.0 Å². The van der Waals surface area contributed by atoms with E-state index in [2.05, 4.69) is 26.2 Å². The Balaban J connectivity index is 2.24. The molecule has 4 nitrogen and oxygen atoms in total. The fourth-order valence-electron chi connectivity index (χ4n) is 1.41. The molecule has 3 N–H and O–H groups in total. The summed E-state index contributed by atoms with van der Waals surface area (Å²) in [7, 11) is 0. The van der Waals surface area contributed by atoms with Crippen LogP contribution in [0.2, 0.25) is 0 Å². The number of amides is 1. The number of hydrogen-bond acceptors (Lipinski definition) is 4. The van der Waals surface area contributed by atoms with E-state index in [0.717, 1.165) is 17.4 Å². The lowest BCUT2D eigenvalue weighted by atomic mass is 10.2. The number of rotatable bonds is 2. The van der Waals surface area contributed by atoms with Crippen molar-refractivity contribution in [1.82, 2.24) is 4.98 Å². The van der Waals surface area contributed by atoms with Crippen LogP contribution in [0.1, 0.15) is 16.1 Å². The van der Waals surface area contributed by atoms with Crippen molar-refractivity contribution in [2.24, 2.45) is 0 Å². The summed E-state index contributed by atoms with van der Waals surface area (Å²) in [5, 5.41) is 3.98. The van der Waals surface area contributed by atoms with E-state index in [1.807, 2.05) is 0 Å². The van der Waals surface area contributed by atoms with Crippen molar-refractivity contribution in [2.45, 2.75) is 6.18 Å². The highest BCUT2D eigenvalue weighted by atomic mass is 79.9. The van der Waals surface area contributed by atoms with Gasteiger partial charge in [-0.25, -0.2) is 4.98 Å². The molecule has 0 radical (unpaired) electrons. The number of nitrogens with one attached hydrogen (secondary N) is 1. The number of alkyl halides is 3. The van der Waals surface area contributed by atoms with E-state index in [0.29, 0.717) is 0 Å². The average Bonchev–Trinajstić information content (AvgIpc) is 2.77. The predicted octanol–water partition coefficient (Wildman–Crippen LogP) is 3.76. The number of nitrogen functional groups attached to an aromatic ring is 1. The van der Waals surface area contributed by atoms with Crippen molar-refractivity contribution in [1.29, 1.82) is 0 Å². The van der Waals surface area contributed by atoms with Crippen LogP contribution in [0, 0.1) is 0 Å². The fraction of sp³-hybridized carbons (Fsp3) is 0.0909. The van der Waals surface area contributed by atoms with Gasteiger partial charge in [0.25, 0.3) is 5.91 Å². The number of aromatic nitrogens is 1. The van der Waals surface area contributed by atoms with E-state index in [1.165, 1.54) is 17.5 Å². The summed E-state index contributed by atoms with van der Waals surface area (Å²) in [6, 6.07) is 3.42. The van der Waals surface area contributed by atoms with Crippen LogP contribution >= 0.6 is 27.3 Å². The number of nitrogens with zero attached hydrogens (tertiary/aromatic N) is 1. The summed E-state index contributed by atoms with van der Waals surface area (Å²) in [5.41, 5.74) is 4.60. The van der Waals surface area contributed by atoms with Gasteiger partial charge in [-0.3, -0.25) is 4.79 Å². The second-order valence-corrected chi connectivity index (χ2v) is 5.46. The van der Waals surface area contributed by atoms with Gasteiger partial charge in [-0.15, -0.1) is 11.3 Å². The summed E-state index contributed by atoms with van der Waals surface area (Å²) in [5.74, 6) is -0.617. The number of thiazole rings is 1. The first kappa shape index (κ1) is 14.8. The first-order chi connectivity index (χ1) is 9.27. The maximum absolute atomic E-state index is 12.7. The van der Waals surface area contributed by atoms with Gasteiger partial charge in [0.1, 0.15) is 5.69 Å². The van der Waals surface area contributed by atoms with Crippen LogP contribution in [0.4, 0.5) is 24.0 Å². The van der Waals surface area contributed by atoms with Gasteiger partial charge in [-0.2, -0.15) is 13.2 Å². The Morgan fingerprint density at radius 3 is 2.65 bits per heavy atom. The summed E-state index contributed by atoms with van der Waals surface area (Å²) in [6.07, 6.45) is -4.51. The van der Waals surface area contributed by atoms with Gasteiger partial charge in [-0.05, 0) is 18.2 Å². The fourth-order valence-corrected chi connectivity index (χ4v) is 2.42. The molecule has 20 heavy (non-hydrogen) atoms. The van der Waals surface area contributed by atoms with Crippen LogP contribution < -0.4 is 11.1 Å². The van der Waals surface area contributed by atoms with Crippen LogP contribution in [0.3, 0.4) is 0 Å². The summed E-state index contributed by atoms with van der Waals surface area (Å²) < 4.78 is 38.1. The third-order valence-corrected chi connectivity index (χ3v) is 3.65. The number of nitrogens with two attached hydrogens (primary N) is 1. The third-order valence-electron chi connectivity index (χ3n) is 2.28. The molecule has 0 aliphatic rings. The molecule has 0 aliphatic carbocycles. The molecule has 0 spiro atoms. The van der Waals surface area contributed by atoms with E-state index in [1.54, 1.807) is 0 Å². The normalized spacial score (nSPS) is 11.4. The standard InChI is InChI=1S/C11H7BrF3N3OS/c12-7-2-1-5(3-6(7)11(13,14)15)17-9(19)8-4-20-10(16)18-8/h1-4H,(H2,16,18)(H,17,19).